The minimum atomic E-state index is -0.0816. The fraction of sp³-hybridized carbons (Fsp3) is 0.400. The summed E-state index contributed by atoms with van der Waals surface area (Å²) in [7, 11) is 0. The highest BCUT2D eigenvalue weighted by Gasteiger charge is 2.02. The number of ether oxygens (including phenoxy) is 2. The summed E-state index contributed by atoms with van der Waals surface area (Å²) in [6, 6.07) is 0. The van der Waals surface area contributed by atoms with Crippen molar-refractivity contribution in [2.24, 2.45) is 0 Å². The molecule has 14 heavy (non-hydrogen) atoms. The minimum absolute atomic E-state index is 0.0816. The maximum Gasteiger partial charge on any atom is 0.160 e. The van der Waals surface area contributed by atoms with E-state index >= 15 is 0 Å². The maximum atomic E-state index is 8.55. The normalized spacial score (nSPS) is 11.6. The van der Waals surface area contributed by atoms with Crippen molar-refractivity contribution < 1.29 is 19.7 Å². The molecule has 0 spiro atoms. The summed E-state index contributed by atoms with van der Waals surface area (Å²) >= 11 is 0. The van der Waals surface area contributed by atoms with E-state index in [1.807, 2.05) is 0 Å². The van der Waals surface area contributed by atoms with Crippen molar-refractivity contribution in [2.45, 2.75) is 0 Å². The van der Waals surface area contributed by atoms with E-state index in [0.717, 1.165) is 0 Å². The van der Waals surface area contributed by atoms with Crippen LogP contribution < -0.4 is 0 Å². The third-order valence-electron chi connectivity index (χ3n) is 1.31. The molecular formula is C10H16O4. The Morgan fingerprint density at radius 1 is 0.929 bits per heavy atom. The van der Waals surface area contributed by atoms with Gasteiger partial charge in [-0.2, -0.15) is 0 Å². The Hall–Kier alpha value is -1.26. The van der Waals surface area contributed by atoms with E-state index in [1.165, 1.54) is 12.2 Å². The summed E-state index contributed by atoms with van der Waals surface area (Å²) in [5.74, 6) is 0.810. The smallest absolute Gasteiger partial charge is 0.160 e. The van der Waals surface area contributed by atoms with Crippen molar-refractivity contribution >= 4 is 0 Å². The van der Waals surface area contributed by atoms with Gasteiger partial charge >= 0.3 is 0 Å². The number of allylic oxidation sites excluding steroid dienone is 2. The second-order valence-electron chi connectivity index (χ2n) is 2.28. The number of aliphatic hydroxyl groups is 2. The largest absolute Gasteiger partial charge is 0.487 e. The topological polar surface area (TPSA) is 58.9 Å². The summed E-state index contributed by atoms with van der Waals surface area (Å²) < 4.78 is 10.2. The van der Waals surface area contributed by atoms with Crippen molar-refractivity contribution in [3.63, 3.8) is 0 Å². The monoisotopic (exact) mass is 200 g/mol. The molecule has 0 rings (SSSR count). The van der Waals surface area contributed by atoms with Crippen LogP contribution in [0.2, 0.25) is 0 Å². The van der Waals surface area contributed by atoms with Gasteiger partial charge in [-0.05, 0) is 12.2 Å². The second-order valence-corrected chi connectivity index (χ2v) is 2.28. The highest BCUT2D eigenvalue weighted by atomic mass is 16.5. The van der Waals surface area contributed by atoms with Gasteiger partial charge in [0.2, 0.25) is 0 Å². The van der Waals surface area contributed by atoms with Crippen LogP contribution in [0.4, 0.5) is 0 Å². The van der Waals surface area contributed by atoms with Gasteiger partial charge in [0.1, 0.15) is 13.2 Å². The van der Waals surface area contributed by atoms with E-state index in [2.05, 4.69) is 13.2 Å². The first kappa shape index (κ1) is 12.7. The molecule has 0 radical (unpaired) electrons. The van der Waals surface area contributed by atoms with Crippen molar-refractivity contribution in [1.29, 1.82) is 0 Å². The highest BCUT2D eigenvalue weighted by molar-refractivity contribution is 5.21. The van der Waals surface area contributed by atoms with Gasteiger partial charge in [0.15, 0.2) is 11.5 Å². The molecule has 0 aromatic carbocycles. The second kappa shape index (κ2) is 8.34. The molecule has 0 aliphatic rings. The molecule has 0 aliphatic heterocycles. The minimum Gasteiger partial charge on any atom is -0.487 e. The lowest BCUT2D eigenvalue weighted by atomic mass is 10.4. The van der Waals surface area contributed by atoms with Gasteiger partial charge in [-0.1, -0.05) is 13.2 Å². The molecule has 0 aromatic rings. The number of rotatable bonds is 8. The fourth-order valence-corrected chi connectivity index (χ4v) is 0.772. The zero-order valence-electron chi connectivity index (χ0n) is 8.11. The van der Waals surface area contributed by atoms with Gasteiger partial charge in [-0.15, -0.1) is 0 Å². The lowest BCUT2D eigenvalue weighted by molar-refractivity contribution is 0.116. The molecule has 0 fully saturated rings. The zero-order chi connectivity index (χ0) is 10.8. The van der Waals surface area contributed by atoms with Crippen molar-refractivity contribution in [2.75, 3.05) is 26.4 Å². The molecule has 0 aliphatic carbocycles. The first-order valence-corrected chi connectivity index (χ1v) is 4.26. The van der Waals surface area contributed by atoms with Crippen LogP contribution in [0, 0.1) is 0 Å². The zero-order valence-corrected chi connectivity index (χ0v) is 8.11. The van der Waals surface area contributed by atoms with E-state index < -0.39 is 0 Å². The van der Waals surface area contributed by atoms with E-state index in [-0.39, 0.29) is 26.4 Å². The van der Waals surface area contributed by atoms with E-state index in [4.69, 9.17) is 19.7 Å². The third-order valence-corrected chi connectivity index (χ3v) is 1.31. The van der Waals surface area contributed by atoms with Crippen molar-refractivity contribution in [3.8, 4) is 0 Å². The molecule has 0 heterocycles. The van der Waals surface area contributed by atoms with Gasteiger partial charge in [-0.25, -0.2) is 0 Å². The lowest BCUT2D eigenvalue weighted by Crippen LogP contribution is -2.04. The van der Waals surface area contributed by atoms with Crippen LogP contribution in [-0.4, -0.2) is 36.6 Å². The van der Waals surface area contributed by atoms with Crippen LogP contribution in [-0.2, 0) is 9.47 Å². The number of aliphatic hydroxyl groups excluding tert-OH is 2. The number of hydrogen-bond donors (Lipinski definition) is 2. The molecule has 2 N–H and O–H groups in total. The molecule has 0 amide bonds. The Balaban J connectivity index is 4.37. The maximum absolute atomic E-state index is 8.55. The number of hydrogen-bond acceptors (Lipinski definition) is 4. The summed E-state index contributed by atoms with van der Waals surface area (Å²) in [6.07, 6.45) is 2.92. The first-order chi connectivity index (χ1) is 6.79. The average molecular weight is 200 g/mol. The Kier molecular flexibility index (Phi) is 7.59. The molecule has 0 aromatic heterocycles. The molecule has 0 saturated heterocycles. The van der Waals surface area contributed by atoms with Crippen molar-refractivity contribution in [3.05, 3.63) is 36.8 Å². The van der Waals surface area contributed by atoms with Crippen LogP contribution >= 0.6 is 0 Å². The summed E-state index contributed by atoms with van der Waals surface area (Å²) in [6.45, 7) is 7.24. The molecule has 0 unspecified atom stereocenters. The molecule has 4 heteroatoms. The van der Waals surface area contributed by atoms with Gasteiger partial charge in [0.25, 0.3) is 0 Å². The van der Waals surface area contributed by atoms with Crippen LogP contribution in [0.25, 0.3) is 0 Å². The Morgan fingerprint density at radius 2 is 1.29 bits per heavy atom. The molecule has 4 nitrogen and oxygen atoms in total. The predicted octanol–water partition coefficient (Wildman–Crippen LogP) is 0.588. The Labute approximate surface area is 83.8 Å². The Morgan fingerprint density at radius 3 is 1.50 bits per heavy atom. The summed E-state index contributed by atoms with van der Waals surface area (Å²) in [5, 5.41) is 17.1. The molecular weight excluding hydrogens is 184 g/mol. The fourth-order valence-electron chi connectivity index (χ4n) is 0.772. The molecule has 80 valence electrons. The molecule has 0 atom stereocenters. The average Bonchev–Trinajstić information content (AvgIpc) is 2.23. The van der Waals surface area contributed by atoms with Crippen LogP contribution in [0.5, 0.6) is 0 Å². The SMILES string of the molecule is C=C/C(OCCO)=C(\C=C)OCCO. The molecule has 0 bridgehead atoms. The highest BCUT2D eigenvalue weighted by Crippen LogP contribution is 2.10. The van der Waals surface area contributed by atoms with E-state index in [1.54, 1.807) is 0 Å². The summed E-state index contributed by atoms with van der Waals surface area (Å²) in [4.78, 5) is 0. The first-order valence-electron chi connectivity index (χ1n) is 4.26. The van der Waals surface area contributed by atoms with Crippen LogP contribution in [0.1, 0.15) is 0 Å². The van der Waals surface area contributed by atoms with Gasteiger partial charge in [-0.3, -0.25) is 0 Å². The standard InChI is InChI=1S/C10H16O4/c1-3-9(13-7-5-11)10(4-2)14-8-6-12/h3-4,11-12H,1-2,5-8H2/b10-9-. The van der Waals surface area contributed by atoms with Crippen molar-refractivity contribution in [1.82, 2.24) is 0 Å². The van der Waals surface area contributed by atoms with E-state index in [9.17, 15) is 0 Å². The van der Waals surface area contributed by atoms with E-state index in [0.29, 0.717) is 11.5 Å². The van der Waals surface area contributed by atoms with Crippen LogP contribution in [0.15, 0.2) is 36.8 Å². The van der Waals surface area contributed by atoms with Gasteiger partial charge in [0, 0.05) is 0 Å². The quantitative estimate of drug-likeness (QED) is 0.444. The predicted molar refractivity (Wildman–Crippen MR) is 53.5 cm³/mol. The Bertz CT molecular complexity index is 186. The summed E-state index contributed by atoms with van der Waals surface area (Å²) in [5.41, 5.74) is 0. The molecule has 0 saturated carbocycles. The lowest BCUT2D eigenvalue weighted by Gasteiger charge is -2.10. The van der Waals surface area contributed by atoms with Crippen LogP contribution in [0.3, 0.4) is 0 Å². The van der Waals surface area contributed by atoms with Gasteiger partial charge < -0.3 is 19.7 Å². The van der Waals surface area contributed by atoms with Gasteiger partial charge in [0.05, 0.1) is 13.2 Å². The third kappa shape index (κ3) is 4.69.